The van der Waals surface area contributed by atoms with Crippen molar-refractivity contribution in [1.82, 2.24) is 9.88 Å². The Morgan fingerprint density at radius 3 is 2.85 bits per heavy atom. The molecule has 1 aromatic carbocycles. The van der Waals surface area contributed by atoms with Crippen LogP contribution < -0.4 is 5.32 Å². The van der Waals surface area contributed by atoms with E-state index >= 15 is 0 Å². The number of ether oxygens (including phenoxy) is 1. The van der Waals surface area contributed by atoms with Gasteiger partial charge in [-0.25, -0.2) is 9.78 Å². The molecule has 5 heteroatoms. The molecule has 2 aromatic rings. The van der Waals surface area contributed by atoms with Crippen LogP contribution in [-0.4, -0.2) is 28.6 Å². The summed E-state index contributed by atoms with van der Waals surface area (Å²) in [7, 11) is 0. The Morgan fingerprint density at radius 1 is 1.26 bits per heavy atom. The van der Waals surface area contributed by atoms with E-state index in [1.165, 1.54) is 0 Å². The minimum Gasteiger partial charge on any atom is -0.445 e. The van der Waals surface area contributed by atoms with E-state index in [0.717, 1.165) is 49.2 Å². The topological polar surface area (TPSA) is 54.5 Å². The summed E-state index contributed by atoms with van der Waals surface area (Å²) in [5.74, 6) is 0.875. The molecular formula is C22H29N3O2. The van der Waals surface area contributed by atoms with E-state index in [2.05, 4.69) is 30.2 Å². The molecule has 27 heavy (non-hydrogen) atoms. The number of carbonyl (C=O) groups excluding carboxylic acids is 1. The van der Waals surface area contributed by atoms with Crippen molar-refractivity contribution >= 4 is 11.9 Å². The summed E-state index contributed by atoms with van der Waals surface area (Å²) in [4.78, 5) is 19.2. The summed E-state index contributed by atoms with van der Waals surface area (Å²) in [5, 5.41) is 3.48. The molecule has 1 aliphatic rings. The van der Waals surface area contributed by atoms with Crippen LogP contribution in [-0.2, 0) is 11.3 Å². The van der Waals surface area contributed by atoms with Crippen LogP contribution in [0, 0.1) is 0 Å². The average molecular weight is 367 g/mol. The Bertz CT molecular complexity index is 735. The first kappa shape index (κ1) is 19.2. The molecule has 2 heterocycles. The van der Waals surface area contributed by atoms with Crippen molar-refractivity contribution in [3.8, 4) is 0 Å². The van der Waals surface area contributed by atoms with Crippen LogP contribution in [0.25, 0.3) is 0 Å². The summed E-state index contributed by atoms with van der Waals surface area (Å²) in [5.41, 5.74) is 2.08. The van der Waals surface area contributed by atoms with Gasteiger partial charge in [0, 0.05) is 24.3 Å². The number of anilines is 1. The van der Waals surface area contributed by atoms with E-state index in [4.69, 9.17) is 4.74 Å². The highest BCUT2D eigenvalue weighted by Crippen LogP contribution is 2.35. The van der Waals surface area contributed by atoms with Crippen LogP contribution in [0.3, 0.4) is 0 Å². The van der Waals surface area contributed by atoms with Gasteiger partial charge in [0.15, 0.2) is 0 Å². The summed E-state index contributed by atoms with van der Waals surface area (Å²) in [6.07, 6.45) is 5.61. The second-order valence-electron chi connectivity index (χ2n) is 7.14. The number of piperidine rings is 1. The second kappa shape index (κ2) is 9.40. The summed E-state index contributed by atoms with van der Waals surface area (Å²) < 4.78 is 5.61. The first-order chi connectivity index (χ1) is 13.2. The molecule has 1 aromatic heterocycles. The van der Waals surface area contributed by atoms with Crippen molar-refractivity contribution in [2.45, 2.75) is 58.2 Å². The van der Waals surface area contributed by atoms with E-state index in [1.807, 2.05) is 41.3 Å². The third-order valence-corrected chi connectivity index (χ3v) is 5.14. The van der Waals surface area contributed by atoms with Crippen LogP contribution in [0.5, 0.6) is 0 Å². The van der Waals surface area contributed by atoms with Gasteiger partial charge in [-0.15, -0.1) is 0 Å². The Labute approximate surface area is 161 Å². The highest BCUT2D eigenvalue weighted by Gasteiger charge is 2.31. The van der Waals surface area contributed by atoms with E-state index < -0.39 is 0 Å². The van der Waals surface area contributed by atoms with Crippen molar-refractivity contribution in [3.05, 3.63) is 59.8 Å². The van der Waals surface area contributed by atoms with Crippen LogP contribution in [0.1, 0.15) is 56.7 Å². The van der Waals surface area contributed by atoms with Gasteiger partial charge < -0.3 is 15.0 Å². The number of pyridine rings is 1. The number of hydrogen-bond acceptors (Lipinski definition) is 4. The van der Waals surface area contributed by atoms with E-state index in [-0.39, 0.29) is 12.1 Å². The maximum Gasteiger partial charge on any atom is 0.410 e. The first-order valence-corrected chi connectivity index (χ1v) is 9.87. The fraction of sp³-hybridized carbons (Fsp3) is 0.455. The van der Waals surface area contributed by atoms with Crippen molar-refractivity contribution in [2.75, 3.05) is 11.9 Å². The van der Waals surface area contributed by atoms with Crippen molar-refractivity contribution in [1.29, 1.82) is 0 Å². The lowest BCUT2D eigenvalue weighted by atomic mass is 9.96. The molecular weight excluding hydrogens is 338 g/mol. The van der Waals surface area contributed by atoms with Crippen molar-refractivity contribution in [2.24, 2.45) is 0 Å². The predicted molar refractivity (Wildman–Crippen MR) is 108 cm³/mol. The zero-order chi connectivity index (χ0) is 19.1. The van der Waals surface area contributed by atoms with Gasteiger partial charge in [-0.1, -0.05) is 43.3 Å². The maximum absolute atomic E-state index is 12.8. The molecule has 0 bridgehead atoms. The fourth-order valence-corrected chi connectivity index (χ4v) is 3.42. The largest absolute Gasteiger partial charge is 0.445 e. The highest BCUT2D eigenvalue weighted by molar-refractivity contribution is 5.69. The lowest BCUT2D eigenvalue weighted by molar-refractivity contribution is 0.0680. The predicted octanol–water partition coefficient (Wildman–Crippen LogP) is 5.16. The van der Waals surface area contributed by atoms with Gasteiger partial charge in [0.25, 0.3) is 0 Å². The standard InChI is InChI=1S/C22H29N3O2/c1-3-17(2)24-21-19(12-9-14-23-21)20-13-7-8-15-25(20)22(26)27-16-18-10-5-4-6-11-18/h4-6,9-12,14,17,20H,3,7-8,13,15-16H2,1-2H3,(H,23,24)/t17-,20-/m0/s1. The normalized spacial score (nSPS) is 18.0. The number of rotatable bonds is 6. The Kier molecular flexibility index (Phi) is 6.69. The van der Waals surface area contributed by atoms with Crippen LogP contribution in [0.2, 0.25) is 0 Å². The molecule has 0 aliphatic carbocycles. The molecule has 1 N–H and O–H groups in total. The Balaban J connectivity index is 1.74. The Hall–Kier alpha value is -2.56. The quantitative estimate of drug-likeness (QED) is 0.766. The van der Waals surface area contributed by atoms with Crippen molar-refractivity contribution < 1.29 is 9.53 Å². The molecule has 1 amide bonds. The molecule has 0 radical (unpaired) electrons. The lowest BCUT2D eigenvalue weighted by Gasteiger charge is -2.36. The summed E-state index contributed by atoms with van der Waals surface area (Å²) >= 11 is 0. The zero-order valence-electron chi connectivity index (χ0n) is 16.2. The molecule has 1 saturated heterocycles. The van der Waals surface area contributed by atoms with Gasteiger partial charge in [0.1, 0.15) is 12.4 Å². The van der Waals surface area contributed by atoms with Gasteiger partial charge in [-0.3, -0.25) is 0 Å². The Morgan fingerprint density at radius 2 is 2.07 bits per heavy atom. The van der Waals surface area contributed by atoms with Gasteiger partial charge in [0.05, 0.1) is 6.04 Å². The van der Waals surface area contributed by atoms with Crippen LogP contribution >= 0.6 is 0 Å². The number of benzene rings is 1. The van der Waals surface area contributed by atoms with E-state index in [1.54, 1.807) is 6.20 Å². The molecule has 144 valence electrons. The monoisotopic (exact) mass is 367 g/mol. The second-order valence-corrected chi connectivity index (χ2v) is 7.14. The lowest BCUT2D eigenvalue weighted by Crippen LogP contribution is -2.39. The number of aromatic nitrogens is 1. The first-order valence-electron chi connectivity index (χ1n) is 9.87. The SMILES string of the molecule is CC[C@H](C)Nc1ncccc1[C@@H]1CCCCN1C(=O)OCc1ccccc1. The number of amides is 1. The molecule has 1 fully saturated rings. The average Bonchev–Trinajstić information content (AvgIpc) is 2.73. The fourth-order valence-electron chi connectivity index (χ4n) is 3.42. The molecule has 0 unspecified atom stereocenters. The minimum atomic E-state index is -0.248. The molecule has 5 nitrogen and oxygen atoms in total. The van der Waals surface area contributed by atoms with Crippen molar-refractivity contribution in [3.63, 3.8) is 0 Å². The summed E-state index contributed by atoms with van der Waals surface area (Å²) in [6.45, 7) is 5.31. The molecule has 3 rings (SSSR count). The van der Waals surface area contributed by atoms with E-state index in [0.29, 0.717) is 12.6 Å². The highest BCUT2D eigenvalue weighted by atomic mass is 16.6. The number of likely N-dealkylation sites (tertiary alicyclic amines) is 1. The minimum absolute atomic E-state index is 0.00211. The number of nitrogens with one attached hydrogen (secondary N) is 1. The third-order valence-electron chi connectivity index (χ3n) is 5.14. The zero-order valence-corrected chi connectivity index (χ0v) is 16.2. The van der Waals surface area contributed by atoms with Gasteiger partial charge in [0.2, 0.25) is 0 Å². The van der Waals surface area contributed by atoms with Crippen LogP contribution in [0.15, 0.2) is 48.7 Å². The number of carbonyl (C=O) groups is 1. The van der Waals surface area contributed by atoms with Gasteiger partial charge in [-0.2, -0.15) is 0 Å². The molecule has 0 spiro atoms. The van der Waals surface area contributed by atoms with E-state index in [9.17, 15) is 4.79 Å². The van der Waals surface area contributed by atoms with Gasteiger partial charge in [-0.05, 0) is 44.2 Å². The van der Waals surface area contributed by atoms with Gasteiger partial charge >= 0.3 is 6.09 Å². The molecule has 0 saturated carbocycles. The maximum atomic E-state index is 12.8. The molecule has 1 aliphatic heterocycles. The third kappa shape index (κ3) is 5.00. The smallest absolute Gasteiger partial charge is 0.410 e. The number of nitrogens with zero attached hydrogens (tertiary/aromatic N) is 2. The number of hydrogen-bond donors (Lipinski definition) is 1. The molecule has 2 atom stereocenters. The van der Waals surface area contributed by atoms with Crippen LogP contribution in [0.4, 0.5) is 10.6 Å². The summed E-state index contributed by atoms with van der Waals surface area (Å²) in [6, 6.07) is 14.2.